The van der Waals surface area contributed by atoms with Gasteiger partial charge < -0.3 is 31.4 Å². The van der Waals surface area contributed by atoms with Crippen LogP contribution in [0, 0.1) is 0 Å². The van der Waals surface area contributed by atoms with Crippen molar-refractivity contribution in [3.63, 3.8) is 0 Å². The molecule has 0 spiro atoms. The second-order valence-electron chi connectivity index (χ2n) is 8.22. The van der Waals surface area contributed by atoms with Crippen LogP contribution in [0.1, 0.15) is 38.0 Å². The molecule has 6 N–H and O–H groups in total. The molecule has 3 heterocycles. The standard InChI is InChI=1S/C25H21N7O5/c26-23(34)19(14-4-2-1-3-5-14)32-24(35)15-10-27-21-20(15)29-12-30-22(21)25(36)28-9-13-6-7-17-16(8-13)31-18(33)11-37-17/h1-8,10,12,19,27H,9,11H2,(H2,26,34)(H,28,36)(H,31,33)(H,32,35)/t19-/m0/s1. The fourth-order valence-electron chi connectivity index (χ4n) is 3.96. The highest BCUT2D eigenvalue weighted by atomic mass is 16.5. The van der Waals surface area contributed by atoms with Crippen molar-refractivity contribution in [1.82, 2.24) is 25.6 Å². The summed E-state index contributed by atoms with van der Waals surface area (Å²) in [4.78, 5) is 60.6. The number of nitrogens with zero attached hydrogens (tertiary/aromatic N) is 2. The first kappa shape index (κ1) is 23.5. The second kappa shape index (κ2) is 9.77. The van der Waals surface area contributed by atoms with Gasteiger partial charge in [-0.05, 0) is 23.3 Å². The second-order valence-corrected chi connectivity index (χ2v) is 8.22. The van der Waals surface area contributed by atoms with Gasteiger partial charge >= 0.3 is 0 Å². The number of fused-ring (bicyclic) bond motifs is 2. The number of primary amides is 1. The Morgan fingerprint density at radius 3 is 2.68 bits per heavy atom. The third-order valence-corrected chi connectivity index (χ3v) is 5.75. The van der Waals surface area contributed by atoms with E-state index in [0.29, 0.717) is 17.0 Å². The molecule has 4 amide bonds. The Bertz CT molecular complexity index is 1530. The third-order valence-electron chi connectivity index (χ3n) is 5.75. The molecule has 12 heteroatoms. The van der Waals surface area contributed by atoms with Crippen molar-refractivity contribution >= 4 is 40.3 Å². The fraction of sp³-hybridized carbons (Fsp3) is 0.120. The van der Waals surface area contributed by atoms with Crippen LogP contribution in [0.25, 0.3) is 11.0 Å². The summed E-state index contributed by atoms with van der Waals surface area (Å²) in [6.45, 7) is 0.108. The zero-order valence-corrected chi connectivity index (χ0v) is 19.3. The number of anilines is 1. The van der Waals surface area contributed by atoms with Gasteiger partial charge in [0.25, 0.3) is 17.7 Å². The van der Waals surface area contributed by atoms with Crippen LogP contribution in [0.2, 0.25) is 0 Å². The number of amides is 4. The van der Waals surface area contributed by atoms with E-state index < -0.39 is 23.8 Å². The molecular formula is C25H21N7O5. The lowest BCUT2D eigenvalue weighted by molar-refractivity contribution is -0.120. The molecule has 0 unspecified atom stereocenters. The van der Waals surface area contributed by atoms with Gasteiger partial charge in [-0.15, -0.1) is 0 Å². The van der Waals surface area contributed by atoms with E-state index in [1.54, 1.807) is 48.5 Å². The van der Waals surface area contributed by atoms with Crippen LogP contribution in [-0.2, 0) is 16.1 Å². The lowest BCUT2D eigenvalue weighted by Crippen LogP contribution is -2.37. The first-order valence-electron chi connectivity index (χ1n) is 11.2. The van der Waals surface area contributed by atoms with Crippen LogP contribution in [0.4, 0.5) is 5.69 Å². The van der Waals surface area contributed by atoms with E-state index in [9.17, 15) is 19.2 Å². The number of hydrogen-bond acceptors (Lipinski definition) is 7. The van der Waals surface area contributed by atoms with Gasteiger partial charge in [-0.2, -0.15) is 0 Å². The number of aromatic amines is 1. The highest BCUT2D eigenvalue weighted by Gasteiger charge is 2.25. The van der Waals surface area contributed by atoms with Crippen molar-refractivity contribution in [1.29, 1.82) is 0 Å². The highest BCUT2D eigenvalue weighted by molar-refractivity contribution is 6.11. The maximum atomic E-state index is 13.0. The van der Waals surface area contributed by atoms with Crippen LogP contribution >= 0.6 is 0 Å². The van der Waals surface area contributed by atoms with Crippen molar-refractivity contribution in [2.75, 3.05) is 11.9 Å². The summed E-state index contributed by atoms with van der Waals surface area (Å²) in [5, 5.41) is 8.10. The number of H-pyrrole nitrogens is 1. The molecule has 186 valence electrons. The summed E-state index contributed by atoms with van der Waals surface area (Å²) < 4.78 is 5.34. The number of hydrogen-bond donors (Lipinski definition) is 5. The average Bonchev–Trinajstić information content (AvgIpc) is 3.35. The maximum absolute atomic E-state index is 13.0. The smallest absolute Gasteiger partial charge is 0.272 e. The Hall–Kier alpha value is -5.26. The molecule has 5 rings (SSSR count). The fourth-order valence-corrected chi connectivity index (χ4v) is 3.96. The van der Waals surface area contributed by atoms with E-state index >= 15 is 0 Å². The molecule has 0 saturated carbocycles. The molecule has 12 nitrogen and oxygen atoms in total. The molecule has 2 aromatic carbocycles. The summed E-state index contributed by atoms with van der Waals surface area (Å²) >= 11 is 0. The molecule has 1 aliphatic rings. The molecule has 0 radical (unpaired) electrons. The Morgan fingerprint density at radius 1 is 1.08 bits per heavy atom. The molecule has 1 atom stereocenters. The molecule has 0 saturated heterocycles. The van der Waals surface area contributed by atoms with Crippen LogP contribution in [0.5, 0.6) is 5.75 Å². The largest absolute Gasteiger partial charge is 0.482 e. The van der Waals surface area contributed by atoms with Crippen molar-refractivity contribution < 1.29 is 23.9 Å². The maximum Gasteiger partial charge on any atom is 0.272 e. The number of nitrogens with two attached hydrogens (primary N) is 1. The summed E-state index contributed by atoms with van der Waals surface area (Å²) in [7, 11) is 0. The Kier molecular flexibility index (Phi) is 6.20. The number of benzene rings is 2. The summed E-state index contributed by atoms with van der Waals surface area (Å²) in [5.74, 6) is -1.52. The van der Waals surface area contributed by atoms with E-state index in [1.165, 1.54) is 12.5 Å². The van der Waals surface area contributed by atoms with Crippen LogP contribution in [0.3, 0.4) is 0 Å². The van der Waals surface area contributed by atoms with Crippen molar-refractivity contribution in [3.8, 4) is 5.75 Å². The first-order valence-corrected chi connectivity index (χ1v) is 11.2. The van der Waals surface area contributed by atoms with Crippen molar-refractivity contribution in [2.45, 2.75) is 12.6 Å². The minimum Gasteiger partial charge on any atom is -0.482 e. The topological polar surface area (TPSA) is 181 Å². The zero-order valence-electron chi connectivity index (χ0n) is 19.3. The van der Waals surface area contributed by atoms with Gasteiger partial charge in [0.1, 0.15) is 23.6 Å². The van der Waals surface area contributed by atoms with E-state index in [2.05, 4.69) is 30.9 Å². The Balaban J connectivity index is 1.33. The SMILES string of the molecule is NC(=O)[C@@H](NC(=O)c1c[nH]c2c(C(=O)NCc3ccc4c(c3)NC(=O)CO4)ncnc12)c1ccccc1. The van der Waals surface area contributed by atoms with Crippen LogP contribution in [-0.4, -0.2) is 45.2 Å². The zero-order chi connectivity index (χ0) is 25.9. The van der Waals surface area contributed by atoms with Gasteiger partial charge in [-0.1, -0.05) is 36.4 Å². The molecule has 0 aliphatic carbocycles. The molecule has 0 bridgehead atoms. The average molecular weight is 499 g/mol. The van der Waals surface area contributed by atoms with Gasteiger partial charge in [-0.3, -0.25) is 19.2 Å². The van der Waals surface area contributed by atoms with Gasteiger partial charge in [0.15, 0.2) is 12.3 Å². The minimum atomic E-state index is -1.05. The lowest BCUT2D eigenvalue weighted by Gasteiger charge is -2.18. The number of carbonyl (C=O) groups is 4. The minimum absolute atomic E-state index is 0.0353. The van der Waals surface area contributed by atoms with Crippen molar-refractivity contribution in [2.24, 2.45) is 5.73 Å². The predicted octanol–water partition coefficient (Wildman–Crippen LogP) is 1.18. The molecular weight excluding hydrogens is 478 g/mol. The first-order chi connectivity index (χ1) is 17.9. The lowest BCUT2D eigenvalue weighted by atomic mass is 10.1. The molecule has 4 aromatic rings. The number of rotatable bonds is 7. The molecule has 1 aliphatic heterocycles. The molecule has 37 heavy (non-hydrogen) atoms. The van der Waals surface area contributed by atoms with E-state index in [-0.39, 0.29) is 41.3 Å². The highest BCUT2D eigenvalue weighted by Crippen LogP contribution is 2.28. The summed E-state index contributed by atoms with van der Waals surface area (Å²) in [5.41, 5.74) is 7.92. The van der Waals surface area contributed by atoms with Crippen LogP contribution < -0.4 is 26.4 Å². The number of ether oxygens (including phenoxy) is 1. The number of aromatic nitrogens is 3. The molecule has 2 aromatic heterocycles. The quantitative estimate of drug-likeness (QED) is 0.253. The van der Waals surface area contributed by atoms with Gasteiger partial charge in [-0.25, -0.2) is 9.97 Å². The predicted molar refractivity (Wildman–Crippen MR) is 131 cm³/mol. The van der Waals surface area contributed by atoms with Crippen LogP contribution in [0.15, 0.2) is 61.1 Å². The number of carbonyl (C=O) groups excluding carboxylic acids is 4. The summed E-state index contributed by atoms with van der Waals surface area (Å²) in [6.07, 6.45) is 2.57. The van der Waals surface area contributed by atoms with Gasteiger partial charge in [0.2, 0.25) is 5.91 Å². The monoisotopic (exact) mass is 499 g/mol. The third kappa shape index (κ3) is 4.80. The van der Waals surface area contributed by atoms with Crippen molar-refractivity contribution in [3.05, 3.63) is 83.4 Å². The van der Waals surface area contributed by atoms with E-state index in [1.807, 2.05) is 0 Å². The summed E-state index contributed by atoms with van der Waals surface area (Å²) in [6, 6.07) is 12.7. The van der Waals surface area contributed by atoms with Gasteiger partial charge in [0, 0.05) is 12.7 Å². The molecule has 0 fully saturated rings. The van der Waals surface area contributed by atoms with E-state index in [0.717, 1.165) is 5.56 Å². The van der Waals surface area contributed by atoms with Gasteiger partial charge in [0.05, 0.1) is 16.8 Å². The number of nitrogens with one attached hydrogen (secondary N) is 4. The Labute approximate surface area is 209 Å². The Morgan fingerprint density at radius 2 is 1.89 bits per heavy atom. The van der Waals surface area contributed by atoms with E-state index in [4.69, 9.17) is 10.5 Å². The normalized spacial score (nSPS) is 13.1.